The van der Waals surface area contributed by atoms with Gasteiger partial charge in [0.25, 0.3) is 5.69 Å². The molecule has 0 spiro atoms. The zero-order valence-electron chi connectivity index (χ0n) is 9.28. The monoisotopic (exact) mass is 257 g/mol. The van der Waals surface area contributed by atoms with Crippen LogP contribution in [0.15, 0.2) is 24.3 Å². The standard InChI is InChI=1S/C11H15NO4S/c13-7-10(14)8-17-6-5-9-3-1-2-4-11(9)12(15)16/h1-4,10,13-14H,5-8H2. The first kappa shape index (κ1) is 14.0. The van der Waals surface area contributed by atoms with E-state index < -0.39 is 6.10 Å². The van der Waals surface area contributed by atoms with Crippen molar-refractivity contribution in [3.05, 3.63) is 39.9 Å². The number of hydrogen-bond donors (Lipinski definition) is 2. The van der Waals surface area contributed by atoms with Crippen LogP contribution in [0.3, 0.4) is 0 Å². The fourth-order valence-electron chi connectivity index (χ4n) is 1.35. The number of rotatable bonds is 7. The van der Waals surface area contributed by atoms with Gasteiger partial charge < -0.3 is 10.2 Å². The van der Waals surface area contributed by atoms with Crippen LogP contribution in [0.25, 0.3) is 0 Å². The van der Waals surface area contributed by atoms with Crippen molar-refractivity contribution < 1.29 is 15.1 Å². The van der Waals surface area contributed by atoms with Crippen molar-refractivity contribution in [1.29, 1.82) is 0 Å². The third kappa shape index (κ3) is 4.72. The normalized spacial score (nSPS) is 12.4. The molecular weight excluding hydrogens is 242 g/mol. The van der Waals surface area contributed by atoms with E-state index in [-0.39, 0.29) is 17.2 Å². The number of thioether (sulfide) groups is 1. The van der Waals surface area contributed by atoms with Gasteiger partial charge in [-0.15, -0.1) is 0 Å². The van der Waals surface area contributed by atoms with Gasteiger partial charge in [0.1, 0.15) is 0 Å². The molecule has 0 amide bonds. The van der Waals surface area contributed by atoms with E-state index in [1.54, 1.807) is 18.2 Å². The Morgan fingerprint density at radius 1 is 1.41 bits per heavy atom. The highest BCUT2D eigenvalue weighted by Gasteiger charge is 2.11. The number of benzene rings is 1. The van der Waals surface area contributed by atoms with Crippen LogP contribution in [-0.4, -0.2) is 39.4 Å². The fourth-order valence-corrected chi connectivity index (χ4v) is 2.26. The molecule has 17 heavy (non-hydrogen) atoms. The summed E-state index contributed by atoms with van der Waals surface area (Å²) < 4.78 is 0. The Kier molecular flexibility index (Phi) is 5.96. The molecule has 0 saturated heterocycles. The molecule has 0 radical (unpaired) electrons. The maximum atomic E-state index is 10.7. The lowest BCUT2D eigenvalue weighted by molar-refractivity contribution is -0.385. The minimum Gasteiger partial charge on any atom is -0.394 e. The second kappa shape index (κ2) is 7.26. The molecule has 0 saturated carbocycles. The molecule has 0 aliphatic carbocycles. The smallest absolute Gasteiger partial charge is 0.272 e. The number of aryl methyl sites for hydroxylation is 1. The van der Waals surface area contributed by atoms with Crippen LogP contribution in [0.4, 0.5) is 5.69 Å². The first-order valence-electron chi connectivity index (χ1n) is 5.24. The Labute approximate surface area is 104 Å². The molecule has 1 aromatic rings. The van der Waals surface area contributed by atoms with Crippen molar-refractivity contribution in [2.75, 3.05) is 18.1 Å². The van der Waals surface area contributed by atoms with E-state index in [1.807, 2.05) is 0 Å². The Morgan fingerprint density at radius 3 is 2.76 bits per heavy atom. The Bertz CT molecular complexity index is 372. The average Bonchev–Trinajstić information content (AvgIpc) is 2.34. The van der Waals surface area contributed by atoms with Gasteiger partial charge in [0.05, 0.1) is 17.6 Å². The highest BCUT2D eigenvalue weighted by Crippen LogP contribution is 2.19. The first-order chi connectivity index (χ1) is 8.15. The lowest BCUT2D eigenvalue weighted by Crippen LogP contribution is -2.15. The molecular formula is C11H15NO4S. The van der Waals surface area contributed by atoms with Crippen LogP contribution >= 0.6 is 11.8 Å². The van der Waals surface area contributed by atoms with Gasteiger partial charge in [0.2, 0.25) is 0 Å². The molecule has 94 valence electrons. The maximum Gasteiger partial charge on any atom is 0.272 e. The number of nitrogens with zero attached hydrogens (tertiary/aromatic N) is 1. The number of para-hydroxylation sites is 1. The molecule has 1 unspecified atom stereocenters. The number of aliphatic hydroxyl groups is 2. The summed E-state index contributed by atoms with van der Waals surface area (Å²) in [5, 5.41) is 28.5. The van der Waals surface area contributed by atoms with Gasteiger partial charge in [-0.1, -0.05) is 18.2 Å². The third-order valence-electron chi connectivity index (χ3n) is 2.23. The van der Waals surface area contributed by atoms with E-state index in [9.17, 15) is 10.1 Å². The summed E-state index contributed by atoms with van der Waals surface area (Å²) in [4.78, 5) is 10.3. The Morgan fingerprint density at radius 2 is 2.12 bits per heavy atom. The quantitative estimate of drug-likeness (QED) is 0.436. The van der Waals surface area contributed by atoms with Gasteiger partial charge in [0, 0.05) is 17.4 Å². The number of hydrogen-bond acceptors (Lipinski definition) is 5. The van der Waals surface area contributed by atoms with E-state index in [4.69, 9.17) is 10.2 Å². The highest BCUT2D eigenvalue weighted by molar-refractivity contribution is 7.99. The van der Waals surface area contributed by atoms with Gasteiger partial charge in [-0.25, -0.2) is 0 Å². The van der Waals surface area contributed by atoms with Crippen LogP contribution in [0.2, 0.25) is 0 Å². The molecule has 0 heterocycles. The Balaban J connectivity index is 2.44. The summed E-state index contributed by atoms with van der Waals surface area (Å²) in [7, 11) is 0. The second-order valence-electron chi connectivity index (χ2n) is 3.55. The first-order valence-corrected chi connectivity index (χ1v) is 6.39. The largest absolute Gasteiger partial charge is 0.394 e. The zero-order valence-corrected chi connectivity index (χ0v) is 10.1. The van der Waals surface area contributed by atoms with Crippen molar-refractivity contribution >= 4 is 17.4 Å². The van der Waals surface area contributed by atoms with Gasteiger partial charge in [0.15, 0.2) is 0 Å². The molecule has 1 aromatic carbocycles. The number of aliphatic hydroxyl groups excluding tert-OH is 2. The molecule has 0 fully saturated rings. The molecule has 6 heteroatoms. The Hall–Kier alpha value is -1.11. The van der Waals surface area contributed by atoms with Gasteiger partial charge >= 0.3 is 0 Å². The van der Waals surface area contributed by atoms with Gasteiger partial charge in [-0.2, -0.15) is 11.8 Å². The predicted octanol–water partition coefficient (Wildman–Crippen LogP) is 1.22. The summed E-state index contributed by atoms with van der Waals surface area (Å²) >= 11 is 1.47. The van der Waals surface area contributed by atoms with E-state index >= 15 is 0 Å². The third-order valence-corrected chi connectivity index (χ3v) is 3.34. The number of nitro benzene ring substituents is 1. The van der Waals surface area contributed by atoms with Crippen LogP contribution in [0, 0.1) is 10.1 Å². The average molecular weight is 257 g/mol. The zero-order chi connectivity index (χ0) is 12.7. The predicted molar refractivity (Wildman–Crippen MR) is 67.2 cm³/mol. The van der Waals surface area contributed by atoms with Crippen LogP contribution in [0.1, 0.15) is 5.56 Å². The fraction of sp³-hybridized carbons (Fsp3) is 0.455. The lowest BCUT2D eigenvalue weighted by Gasteiger charge is -2.06. The van der Waals surface area contributed by atoms with Crippen LogP contribution in [-0.2, 0) is 6.42 Å². The van der Waals surface area contributed by atoms with E-state index in [0.717, 1.165) is 0 Å². The maximum absolute atomic E-state index is 10.7. The van der Waals surface area contributed by atoms with E-state index in [2.05, 4.69) is 0 Å². The molecule has 2 N–H and O–H groups in total. The second-order valence-corrected chi connectivity index (χ2v) is 4.70. The van der Waals surface area contributed by atoms with Crippen molar-refractivity contribution in [2.45, 2.75) is 12.5 Å². The molecule has 0 aliphatic heterocycles. The summed E-state index contributed by atoms with van der Waals surface area (Å²) in [6.07, 6.45) is -0.134. The summed E-state index contributed by atoms with van der Waals surface area (Å²) in [5.74, 6) is 1.12. The van der Waals surface area contributed by atoms with Crippen molar-refractivity contribution in [2.24, 2.45) is 0 Å². The molecule has 1 atom stereocenters. The minimum atomic E-state index is -0.717. The summed E-state index contributed by atoms with van der Waals surface area (Å²) in [6.45, 7) is -0.252. The number of nitro groups is 1. The molecule has 0 bridgehead atoms. The highest BCUT2D eigenvalue weighted by atomic mass is 32.2. The molecule has 0 aliphatic rings. The van der Waals surface area contributed by atoms with Crippen molar-refractivity contribution in [3.63, 3.8) is 0 Å². The minimum absolute atomic E-state index is 0.135. The van der Waals surface area contributed by atoms with E-state index in [1.165, 1.54) is 17.8 Å². The lowest BCUT2D eigenvalue weighted by atomic mass is 10.1. The topological polar surface area (TPSA) is 83.6 Å². The SMILES string of the molecule is O=[N+]([O-])c1ccccc1CCSCC(O)CO. The van der Waals surface area contributed by atoms with Gasteiger partial charge in [-0.3, -0.25) is 10.1 Å². The summed E-state index contributed by atoms with van der Waals surface area (Å²) in [5.41, 5.74) is 0.833. The van der Waals surface area contributed by atoms with Crippen LogP contribution < -0.4 is 0 Å². The van der Waals surface area contributed by atoms with Crippen molar-refractivity contribution in [3.8, 4) is 0 Å². The molecule has 0 aromatic heterocycles. The van der Waals surface area contributed by atoms with Gasteiger partial charge in [-0.05, 0) is 12.2 Å². The molecule has 5 nitrogen and oxygen atoms in total. The summed E-state index contributed by atoms with van der Waals surface area (Å²) in [6, 6.07) is 6.64. The van der Waals surface area contributed by atoms with Crippen LogP contribution in [0.5, 0.6) is 0 Å². The molecule has 1 rings (SSSR count). The van der Waals surface area contributed by atoms with Crippen molar-refractivity contribution in [1.82, 2.24) is 0 Å². The van der Waals surface area contributed by atoms with E-state index in [0.29, 0.717) is 23.5 Å².